The average Bonchev–Trinajstić information content (AvgIpc) is 2.28. The van der Waals surface area contributed by atoms with Gasteiger partial charge in [0.15, 0.2) is 0 Å². The van der Waals surface area contributed by atoms with Crippen molar-refractivity contribution in [1.82, 2.24) is 4.98 Å². The number of esters is 1. The molecule has 7 heteroatoms. The molecule has 17 heavy (non-hydrogen) atoms. The van der Waals surface area contributed by atoms with E-state index in [1.54, 1.807) is 6.92 Å². The highest BCUT2D eigenvalue weighted by molar-refractivity contribution is 6.32. The summed E-state index contributed by atoms with van der Waals surface area (Å²) in [7, 11) is 0. The first-order valence-electron chi connectivity index (χ1n) is 4.71. The topological polar surface area (TPSA) is 39.2 Å². The largest absolute Gasteiger partial charge is 0.462 e. The molecule has 0 radical (unpaired) electrons. The van der Waals surface area contributed by atoms with Crippen LogP contribution in [0.5, 0.6) is 0 Å². The fourth-order valence-corrected chi connectivity index (χ4v) is 1.73. The van der Waals surface area contributed by atoms with Crippen LogP contribution in [0.25, 0.3) is 0 Å². The van der Waals surface area contributed by atoms with E-state index < -0.39 is 23.5 Å². The van der Waals surface area contributed by atoms with E-state index in [0.717, 1.165) is 6.20 Å². The van der Waals surface area contributed by atoms with E-state index in [4.69, 9.17) is 23.2 Å². The maximum Gasteiger partial charge on any atom is 0.341 e. The van der Waals surface area contributed by atoms with Crippen LogP contribution < -0.4 is 0 Å². The number of carbonyl (C=O) groups is 1. The molecule has 0 aliphatic carbocycles. The van der Waals surface area contributed by atoms with Crippen LogP contribution in [0.15, 0.2) is 6.20 Å². The van der Waals surface area contributed by atoms with Crippen molar-refractivity contribution in [3.8, 4) is 0 Å². The Morgan fingerprint density at radius 2 is 2.24 bits per heavy atom. The monoisotopic (exact) mass is 283 g/mol. The van der Waals surface area contributed by atoms with Crippen LogP contribution in [0.2, 0.25) is 5.15 Å². The molecule has 0 aromatic carbocycles. The van der Waals surface area contributed by atoms with Crippen molar-refractivity contribution in [2.24, 2.45) is 0 Å². The maximum absolute atomic E-state index is 12.9. The van der Waals surface area contributed by atoms with Gasteiger partial charge in [-0.1, -0.05) is 11.6 Å². The van der Waals surface area contributed by atoms with E-state index in [9.17, 15) is 13.6 Å². The molecule has 0 amide bonds. The minimum Gasteiger partial charge on any atom is -0.462 e. The van der Waals surface area contributed by atoms with Crippen LogP contribution in [-0.2, 0) is 10.6 Å². The Labute approximate surface area is 107 Å². The molecule has 94 valence electrons. The summed E-state index contributed by atoms with van der Waals surface area (Å²) in [6.45, 7) is 1.62. The molecule has 0 saturated carbocycles. The highest BCUT2D eigenvalue weighted by Gasteiger charge is 2.26. The summed E-state index contributed by atoms with van der Waals surface area (Å²) >= 11 is 11.2. The highest BCUT2D eigenvalue weighted by Crippen LogP contribution is 2.31. The van der Waals surface area contributed by atoms with Gasteiger partial charge in [0, 0.05) is 17.6 Å². The summed E-state index contributed by atoms with van der Waals surface area (Å²) in [6, 6.07) is 0. The molecule has 0 spiro atoms. The minimum absolute atomic E-state index is 0.0585. The fraction of sp³-hybridized carbons (Fsp3) is 0.400. The molecular formula is C10H9Cl2F2NO2. The van der Waals surface area contributed by atoms with Crippen molar-refractivity contribution in [1.29, 1.82) is 0 Å². The molecular weight excluding hydrogens is 275 g/mol. The summed E-state index contributed by atoms with van der Waals surface area (Å²) in [5.74, 6) is -1.11. The molecule has 0 atom stereocenters. The lowest BCUT2D eigenvalue weighted by atomic mass is 10.1. The zero-order valence-electron chi connectivity index (χ0n) is 8.84. The first-order valence-corrected chi connectivity index (χ1v) is 5.62. The van der Waals surface area contributed by atoms with Gasteiger partial charge in [0.2, 0.25) is 0 Å². The third kappa shape index (κ3) is 3.04. The van der Waals surface area contributed by atoms with Gasteiger partial charge in [-0.25, -0.2) is 18.6 Å². The Bertz CT molecular complexity index is 427. The molecule has 0 saturated heterocycles. The van der Waals surface area contributed by atoms with Crippen molar-refractivity contribution in [3.63, 3.8) is 0 Å². The molecule has 0 aliphatic heterocycles. The van der Waals surface area contributed by atoms with Crippen molar-refractivity contribution in [2.75, 3.05) is 6.61 Å². The van der Waals surface area contributed by atoms with E-state index in [-0.39, 0.29) is 23.2 Å². The molecule has 1 aromatic heterocycles. The van der Waals surface area contributed by atoms with Gasteiger partial charge in [-0.3, -0.25) is 0 Å². The van der Waals surface area contributed by atoms with E-state index >= 15 is 0 Å². The number of ether oxygens (including phenoxy) is 1. The number of alkyl halides is 3. The Balaban J connectivity index is 3.38. The number of carbonyl (C=O) groups excluding carboxylic acids is 1. The molecule has 3 nitrogen and oxygen atoms in total. The summed E-state index contributed by atoms with van der Waals surface area (Å²) in [6.07, 6.45) is -1.75. The van der Waals surface area contributed by atoms with Gasteiger partial charge in [0.1, 0.15) is 10.7 Å². The fourth-order valence-electron chi connectivity index (χ4n) is 1.29. The van der Waals surface area contributed by atoms with Gasteiger partial charge in [-0.05, 0) is 12.5 Å². The Kier molecular flexibility index (Phi) is 5.08. The Hall–Kier alpha value is -0.940. The smallest absolute Gasteiger partial charge is 0.341 e. The van der Waals surface area contributed by atoms with Crippen molar-refractivity contribution in [3.05, 3.63) is 28.0 Å². The van der Waals surface area contributed by atoms with Crippen LogP contribution >= 0.6 is 23.2 Å². The van der Waals surface area contributed by atoms with Crippen LogP contribution in [0.1, 0.15) is 34.8 Å². The molecule has 0 N–H and O–H groups in total. The molecule has 0 unspecified atom stereocenters. The molecule has 0 aliphatic rings. The third-order valence-electron chi connectivity index (χ3n) is 2.00. The van der Waals surface area contributed by atoms with E-state index in [2.05, 4.69) is 9.72 Å². The van der Waals surface area contributed by atoms with E-state index in [0.29, 0.717) is 0 Å². The predicted octanol–water partition coefficient (Wildman–Crippen LogP) is 3.59. The van der Waals surface area contributed by atoms with Crippen LogP contribution in [0, 0.1) is 0 Å². The zero-order chi connectivity index (χ0) is 13.0. The summed E-state index contributed by atoms with van der Waals surface area (Å²) in [5.41, 5.74) is -0.866. The van der Waals surface area contributed by atoms with E-state index in [1.165, 1.54) is 0 Å². The second-order valence-electron chi connectivity index (χ2n) is 3.02. The molecule has 1 rings (SSSR count). The van der Waals surface area contributed by atoms with Crippen molar-refractivity contribution >= 4 is 29.2 Å². The number of aromatic nitrogens is 1. The van der Waals surface area contributed by atoms with Gasteiger partial charge in [0.25, 0.3) is 6.43 Å². The van der Waals surface area contributed by atoms with Gasteiger partial charge in [0.05, 0.1) is 6.61 Å². The lowest BCUT2D eigenvalue weighted by Gasteiger charge is -2.12. The quantitative estimate of drug-likeness (QED) is 0.482. The third-order valence-corrected chi connectivity index (χ3v) is 2.57. The molecule has 1 aromatic rings. The van der Waals surface area contributed by atoms with Gasteiger partial charge in [-0.15, -0.1) is 11.6 Å². The summed E-state index contributed by atoms with van der Waals surface area (Å²) in [5, 5.41) is -0.312. The second-order valence-corrected chi connectivity index (χ2v) is 3.64. The van der Waals surface area contributed by atoms with Crippen LogP contribution in [0.3, 0.4) is 0 Å². The second kappa shape index (κ2) is 6.12. The van der Waals surface area contributed by atoms with Gasteiger partial charge in [-0.2, -0.15) is 0 Å². The molecule has 1 heterocycles. The normalized spacial score (nSPS) is 10.7. The SMILES string of the molecule is CCOC(=O)c1c(Cl)ncc(CCl)c1C(F)F. The first kappa shape index (κ1) is 14.1. The van der Waals surface area contributed by atoms with Gasteiger partial charge >= 0.3 is 5.97 Å². The Morgan fingerprint density at radius 3 is 2.71 bits per heavy atom. The number of hydrogen-bond acceptors (Lipinski definition) is 3. The summed E-state index contributed by atoms with van der Waals surface area (Å²) < 4.78 is 30.5. The zero-order valence-corrected chi connectivity index (χ0v) is 10.4. The van der Waals surface area contributed by atoms with Crippen molar-refractivity contribution in [2.45, 2.75) is 19.2 Å². The van der Waals surface area contributed by atoms with E-state index in [1.807, 2.05) is 0 Å². The number of hydrogen-bond donors (Lipinski definition) is 0. The maximum atomic E-state index is 12.9. The van der Waals surface area contributed by atoms with Gasteiger partial charge < -0.3 is 4.74 Å². The lowest BCUT2D eigenvalue weighted by Crippen LogP contribution is -2.12. The number of rotatable bonds is 4. The number of pyridine rings is 1. The number of halogens is 4. The van der Waals surface area contributed by atoms with Crippen molar-refractivity contribution < 1.29 is 18.3 Å². The minimum atomic E-state index is -2.87. The predicted molar refractivity (Wildman–Crippen MR) is 59.7 cm³/mol. The molecule has 0 bridgehead atoms. The first-order chi connectivity index (χ1) is 8.02. The summed E-state index contributed by atoms with van der Waals surface area (Å²) in [4.78, 5) is 15.2. The van der Waals surface area contributed by atoms with Crippen LogP contribution in [0.4, 0.5) is 8.78 Å². The van der Waals surface area contributed by atoms with Crippen LogP contribution in [-0.4, -0.2) is 17.6 Å². The average molecular weight is 284 g/mol. The Morgan fingerprint density at radius 1 is 1.59 bits per heavy atom. The number of nitrogens with zero attached hydrogens (tertiary/aromatic N) is 1. The molecule has 0 fully saturated rings. The highest BCUT2D eigenvalue weighted by atomic mass is 35.5. The lowest BCUT2D eigenvalue weighted by molar-refractivity contribution is 0.0514. The standard InChI is InChI=1S/C10H9Cl2F2NO2/c1-2-17-10(16)7-6(9(13)14)5(3-11)4-15-8(7)12/h4,9H,2-3H2,1H3.